The van der Waals surface area contributed by atoms with E-state index in [-0.39, 0.29) is 25.3 Å². The van der Waals surface area contributed by atoms with E-state index in [0.29, 0.717) is 5.82 Å². The van der Waals surface area contributed by atoms with Gasteiger partial charge in [0.15, 0.2) is 6.17 Å². The molecule has 0 bridgehead atoms. The van der Waals surface area contributed by atoms with E-state index in [4.69, 9.17) is 9.47 Å². The number of nitrogens with zero attached hydrogens (tertiary/aromatic N) is 4. The lowest BCUT2D eigenvalue weighted by molar-refractivity contribution is -0.385. The molecule has 3 heterocycles. The Morgan fingerprint density at radius 3 is 2.78 bits per heavy atom. The molecule has 1 aromatic rings. The quantitative estimate of drug-likeness (QED) is 0.236. The number of aromatic nitrogens is 1. The molecule has 1 unspecified atom stereocenters. The number of carbonyl (C=O) groups is 3. The molecule has 13 nitrogen and oxygen atoms in total. The van der Waals surface area contributed by atoms with Crippen molar-refractivity contribution < 1.29 is 33.2 Å². The monoisotopic (exact) mass is 448 g/mol. The molecule has 1 saturated heterocycles. The SMILES string of the molecule is N#C[C@]12OC(=O)/C=C\C(=O)OC1[C@@H](F)CN2C(=O)CNCCNc1ccc([N+](=O)[O-])cn1. The smallest absolute Gasteiger partial charge is 0.334 e. The van der Waals surface area contributed by atoms with Crippen LogP contribution in [-0.2, 0) is 23.9 Å². The predicted molar refractivity (Wildman–Crippen MR) is 102 cm³/mol. The van der Waals surface area contributed by atoms with E-state index in [0.717, 1.165) is 23.2 Å². The van der Waals surface area contributed by atoms with Crippen LogP contribution in [0.5, 0.6) is 0 Å². The van der Waals surface area contributed by atoms with Crippen LogP contribution in [0.15, 0.2) is 30.5 Å². The van der Waals surface area contributed by atoms with Crippen molar-refractivity contribution >= 4 is 29.4 Å². The second-order valence-electron chi connectivity index (χ2n) is 6.70. The van der Waals surface area contributed by atoms with Crippen LogP contribution in [-0.4, -0.2) is 76.8 Å². The topological polar surface area (TPSA) is 177 Å². The highest BCUT2D eigenvalue weighted by Gasteiger charge is 2.62. The van der Waals surface area contributed by atoms with Gasteiger partial charge in [-0.3, -0.25) is 19.8 Å². The van der Waals surface area contributed by atoms with Crippen molar-refractivity contribution in [2.24, 2.45) is 0 Å². The van der Waals surface area contributed by atoms with Crippen molar-refractivity contribution in [3.8, 4) is 6.07 Å². The first kappa shape index (κ1) is 22.6. The molecule has 3 atom stereocenters. The Hall–Kier alpha value is -4.12. The number of ether oxygens (including phenoxy) is 2. The average Bonchev–Trinajstić information content (AvgIpc) is 3.02. The maximum Gasteiger partial charge on any atom is 0.334 e. The van der Waals surface area contributed by atoms with Crippen LogP contribution >= 0.6 is 0 Å². The molecule has 168 valence electrons. The van der Waals surface area contributed by atoms with E-state index >= 15 is 0 Å². The van der Waals surface area contributed by atoms with Gasteiger partial charge in [-0.05, 0) is 6.07 Å². The molecule has 0 spiro atoms. The fraction of sp³-hybridized carbons (Fsp3) is 0.389. The Balaban J connectivity index is 1.56. The number of alkyl halides is 1. The predicted octanol–water partition coefficient (Wildman–Crippen LogP) is -0.584. The van der Waals surface area contributed by atoms with Gasteiger partial charge < -0.3 is 20.1 Å². The van der Waals surface area contributed by atoms with Gasteiger partial charge in [-0.15, -0.1) is 0 Å². The van der Waals surface area contributed by atoms with E-state index in [1.165, 1.54) is 12.1 Å². The number of amides is 1. The van der Waals surface area contributed by atoms with Crippen molar-refractivity contribution in [3.05, 3.63) is 40.6 Å². The van der Waals surface area contributed by atoms with E-state index in [9.17, 15) is 34.2 Å². The molecule has 1 fully saturated rings. The number of halogens is 1. The zero-order valence-corrected chi connectivity index (χ0v) is 16.4. The average molecular weight is 448 g/mol. The number of nitrogens with one attached hydrogen (secondary N) is 2. The van der Waals surface area contributed by atoms with Crippen molar-refractivity contribution in [3.63, 3.8) is 0 Å². The number of fused-ring (bicyclic) bond motifs is 1. The Labute approximate surface area is 179 Å². The summed E-state index contributed by atoms with van der Waals surface area (Å²) < 4.78 is 24.4. The molecule has 0 radical (unpaired) electrons. The summed E-state index contributed by atoms with van der Waals surface area (Å²) in [5.41, 5.74) is -2.58. The second kappa shape index (κ2) is 9.35. The normalized spacial score (nSPS) is 25.4. The lowest BCUT2D eigenvalue weighted by Gasteiger charge is -2.34. The van der Waals surface area contributed by atoms with Crippen molar-refractivity contribution in [2.75, 3.05) is 31.5 Å². The molecule has 2 aliphatic rings. The van der Waals surface area contributed by atoms with Gasteiger partial charge in [0, 0.05) is 31.3 Å². The van der Waals surface area contributed by atoms with Crippen LogP contribution in [0.3, 0.4) is 0 Å². The zero-order valence-electron chi connectivity index (χ0n) is 16.4. The van der Waals surface area contributed by atoms with E-state index < -0.39 is 47.3 Å². The molecule has 1 amide bonds. The van der Waals surface area contributed by atoms with Gasteiger partial charge in [0.2, 0.25) is 12.0 Å². The number of hydrogen-bond acceptors (Lipinski definition) is 11. The molecule has 14 heteroatoms. The van der Waals surface area contributed by atoms with Crippen molar-refractivity contribution in [1.82, 2.24) is 15.2 Å². The fourth-order valence-electron chi connectivity index (χ4n) is 3.16. The first-order valence-electron chi connectivity index (χ1n) is 9.29. The summed E-state index contributed by atoms with van der Waals surface area (Å²) in [5, 5.41) is 25.9. The molecule has 2 N–H and O–H groups in total. The minimum absolute atomic E-state index is 0.156. The number of nitriles is 1. The number of rotatable bonds is 7. The van der Waals surface area contributed by atoms with Crippen LogP contribution in [0.25, 0.3) is 0 Å². The number of esters is 2. The minimum Gasteiger partial charge on any atom is -0.448 e. The largest absolute Gasteiger partial charge is 0.448 e. The van der Waals surface area contributed by atoms with Gasteiger partial charge in [0.05, 0.1) is 18.0 Å². The summed E-state index contributed by atoms with van der Waals surface area (Å²) in [6.45, 7) is -0.422. The molecule has 0 aromatic carbocycles. The molecule has 0 aliphatic carbocycles. The maximum atomic E-state index is 14.5. The molecule has 2 aliphatic heterocycles. The first-order chi connectivity index (χ1) is 15.3. The summed E-state index contributed by atoms with van der Waals surface area (Å²) >= 11 is 0. The fourth-order valence-corrected chi connectivity index (χ4v) is 3.16. The summed E-state index contributed by atoms with van der Waals surface area (Å²) in [6, 6.07) is 4.31. The summed E-state index contributed by atoms with van der Waals surface area (Å²) in [4.78, 5) is 50.8. The van der Waals surface area contributed by atoms with Crippen LogP contribution in [0.1, 0.15) is 0 Å². The third kappa shape index (κ3) is 4.62. The number of nitro groups is 1. The number of likely N-dealkylation sites (tertiary alicyclic amines) is 1. The summed E-state index contributed by atoms with van der Waals surface area (Å²) in [7, 11) is 0. The van der Waals surface area contributed by atoms with Crippen LogP contribution < -0.4 is 10.6 Å². The molecule has 32 heavy (non-hydrogen) atoms. The Kier molecular flexibility index (Phi) is 6.59. The Morgan fingerprint density at radius 2 is 2.12 bits per heavy atom. The number of anilines is 1. The van der Waals surface area contributed by atoms with E-state index in [2.05, 4.69) is 15.6 Å². The number of pyridine rings is 1. The van der Waals surface area contributed by atoms with Gasteiger partial charge in [0.1, 0.15) is 18.1 Å². The van der Waals surface area contributed by atoms with Crippen LogP contribution in [0.4, 0.5) is 15.9 Å². The van der Waals surface area contributed by atoms with E-state index in [1.54, 1.807) is 6.07 Å². The highest BCUT2D eigenvalue weighted by molar-refractivity contribution is 5.93. The minimum atomic E-state index is -2.42. The van der Waals surface area contributed by atoms with Crippen molar-refractivity contribution in [1.29, 1.82) is 5.26 Å². The first-order valence-corrected chi connectivity index (χ1v) is 9.29. The molecule has 0 saturated carbocycles. The summed E-state index contributed by atoms with van der Waals surface area (Å²) in [5.74, 6) is -2.50. The third-order valence-corrected chi connectivity index (χ3v) is 4.63. The second-order valence-corrected chi connectivity index (χ2v) is 6.70. The lowest BCUT2D eigenvalue weighted by atomic mass is 10.1. The highest BCUT2D eigenvalue weighted by atomic mass is 19.1. The number of hydrogen-bond donors (Lipinski definition) is 2. The zero-order chi connectivity index (χ0) is 23.3. The molecule has 1 aromatic heterocycles. The molecular formula is C18H17FN6O7. The van der Waals surface area contributed by atoms with E-state index in [1.807, 2.05) is 0 Å². The van der Waals surface area contributed by atoms with Gasteiger partial charge in [0.25, 0.3) is 5.69 Å². The standard InChI is InChI=1S/C18H17FN6O7/c19-12-9-24(18(10-20)17(12)31-15(27)3-4-16(28)32-18)14(26)8-21-5-6-22-13-2-1-11(7-23-13)25(29)30/h1-4,7,12,17,21H,5-6,8-9H2,(H,22,23)/b4-3-/t12-,17?,18-/m0/s1. The van der Waals surface area contributed by atoms with Gasteiger partial charge in [-0.25, -0.2) is 19.0 Å². The third-order valence-electron chi connectivity index (χ3n) is 4.63. The van der Waals surface area contributed by atoms with Crippen molar-refractivity contribution in [2.45, 2.75) is 18.0 Å². The molecular weight excluding hydrogens is 431 g/mol. The Morgan fingerprint density at radius 1 is 1.38 bits per heavy atom. The van der Waals surface area contributed by atoms with Gasteiger partial charge >= 0.3 is 17.7 Å². The maximum absolute atomic E-state index is 14.5. The number of carbonyl (C=O) groups excluding carboxylic acids is 3. The van der Waals surface area contributed by atoms with Crippen LogP contribution in [0, 0.1) is 21.4 Å². The van der Waals surface area contributed by atoms with Crippen LogP contribution in [0.2, 0.25) is 0 Å². The molecule has 3 rings (SSSR count). The summed E-state index contributed by atoms with van der Waals surface area (Å²) in [6.07, 6.45) is -1.16. The van der Waals surface area contributed by atoms with Gasteiger partial charge in [-0.1, -0.05) is 0 Å². The van der Waals surface area contributed by atoms with Gasteiger partial charge in [-0.2, -0.15) is 5.26 Å². The highest BCUT2D eigenvalue weighted by Crippen LogP contribution is 2.36. The Bertz CT molecular complexity index is 995. The lowest BCUT2D eigenvalue weighted by Crippen LogP contribution is -2.58.